The van der Waals surface area contributed by atoms with Crippen molar-refractivity contribution in [3.8, 4) is 0 Å². The van der Waals surface area contributed by atoms with E-state index in [1.165, 1.54) is 24.3 Å². The molecular formula is C25H15FN6O. The topological polar surface area (TPSA) is 92.7 Å². The van der Waals surface area contributed by atoms with Gasteiger partial charge in [-0.3, -0.25) is 9.97 Å². The Kier molecular flexibility index (Phi) is 4.29. The predicted molar refractivity (Wildman–Crippen MR) is 127 cm³/mol. The maximum Gasteiger partial charge on any atom is 0.323 e. The number of fused-ring (bicyclic) bond motifs is 7. The summed E-state index contributed by atoms with van der Waals surface area (Å²) in [5.41, 5.74) is 5.39. The van der Waals surface area contributed by atoms with Crippen LogP contribution in [0.25, 0.3) is 43.9 Å². The number of nitrogens with zero attached hydrogens (tertiary/aromatic N) is 4. The molecule has 6 rings (SSSR count). The molecule has 0 bridgehead atoms. The summed E-state index contributed by atoms with van der Waals surface area (Å²) in [7, 11) is 0. The standard InChI is InChI=1S/C25H15FN6O/c26-14-5-7-15(8-6-14)29-25(33)30-16-9-10-19-20(13-16)32-24-18-4-2-12-28-22(18)21-17(23(24)31-19)3-1-11-27-21/h1-13H,(H2,29,30,33). The molecule has 6 aromatic rings. The average molecular weight is 434 g/mol. The van der Waals surface area contributed by atoms with Gasteiger partial charge in [0.05, 0.1) is 33.1 Å². The first-order chi connectivity index (χ1) is 16.2. The number of hydrogen-bond acceptors (Lipinski definition) is 5. The molecule has 0 spiro atoms. The molecule has 158 valence electrons. The van der Waals surface area contributed by atoms with Crippen molar-refractivity contribution in [2.75, 3.05) is 10.6 Å². The number of hydrogen-bond donors (Lipinski definition) is 2. The Hall–Kier alpha value is -4.72. The summed E-state index contributed by atoms with van der Waals surface area (Å²) in [6, 6.07) is 18.1. The summed E-state index contributed by atoms with van der Waals surface area (Å²) in [4.78, 5) is 31.1. The number of rotatable bonds is 2. The molecule has 7 nitrogen and oxygen atoms in total. The molecule has 3 heterocycles. The minimum atomic E-state index is -0.443. The van der Waals surface area contributed by atoms with Crippen molar-refractivity contribution in [1.29, 1.82) is 0 Å². The van der Waals surface area contributed by atoms with Crippen molar-refractivity contribution in [2.24, 2.45) is 0 Å². The van der Waals surface area contributed by atoms with Crippen LogP contribution in [-0.4, -0.2) is 26.0 Å². The van der Waals surface area contributed by atoms with Gasteiger partial charge < -0.3 is 10.6 Å². The van der Waals surface area contributed by atoms with Gasteiger partial charge in [0.2, 0.25) is 0 Å². The van der Waals surface area contributed by atoms with Crippen molar-refractivity contribution < 1.29 is 9.18 Å². The summed E-state index contributed by atoms with van der Waals surface area (Å²) in [5.74, 6) is -0.368. The first-order valence-electron chi connectivity index (χ1n) is 10.2. The highest BCUT2D eigenvalue weighted by Crippen LogP contribution is 2.32. The zero-order chi connectivity index (χ0) is 22.4. The Morgan fingerprint density at radius 3 is 1.91 bits per heavy atom. The lowest BCUT2D eigenvalue weighted by Gasteiger charge is -2.10. The second-order valence-electron chi connectivity index (χ2n) is 7.51. The molecule has 0 unspecified atom stereocenters. The van der Waals surface area contributed by atoms with Gasteiger partial charge in [-0.2, -0.15) is 0 Å². The number of anilines is 2. The summed E-state index contributed by atoms with van der Waals surface area (Å²) in [6.07, 6.45) is 3.48. The van der Waals surface area contributed by atoms with Crippen molar-refractivity contribution in [1.82, 2.24) is 19.9 Å². The average Bonchev–Trinajstić information content (AvgIpc) is 2.84. The van der Waals surface area contributed by atoms with Crippen LogP contribution < -0.4 is 10.6 Å². The van der Waals surface area contributed by atoms with E-state index in [1.807, 2.05) is 30.3 Å². The molecule has 33 heavy (non-hydrogen) atoms. The van der Waals surface area contributed by atoms with Gasteiger partial charge in [-0.25, -0.2) is 19.2 Å². The number of urea groups is 1. The van der Waals surface area contributed by atoms with E-state index in [0.29, 0.717) is 22.4 Å². The van der Waals surface area contributed by atoms with Gasteiger partial charge in [0.15, 0.2) is 0 Å². The Morgan fingerprint density at radius 2 is 1.24 bits per heavy atom. The number of aromatic nitrogens is 4. The summed E-state index contributed by atoms with van der Waals surface area (Å²) in [5, 5.41) is 7.19. The fourth-order valence-electron chi connectivity index (χ4n) is 3.90. The molecule has 0 atom stereocenters. The van der Waals surface area contributed by atoms with Gasteiger partial charge in [0, 0.05) is 34.5 Å². The van der Waals surface area contributed by atoms with Crippen LogP contribution in [0.4, 0.5) is 20.6 Å². The van der Waals surface area contributed by atoms with Crippen LogP contribution >= 0.6 is 0 Å². The van der Waals surface area contributed by atoms with E-state index in [-0.39, 0.29) is 5.82 Å². The van der Waals surface area contributed by atoms with Gasteiger partial charge >= 0.3 is 6.03 Å². The van der Waals surface area contributed by atoms with Gasteiger partial charge in [0.25, 0.3) is 0 Å². The number of carbonyl (C=O) groups is 1. The zero-order valence-corrected chi connectivity index (χ0v) is 17.1. The summed E-state index contributed by atoms with van der Waals surface area (Å²) in [6.45, 7) is 0. The lowest BCUT2D eigenvalue weighted by molar-refractivity contribution is 0.262. The minimum absolute atomic E-state index is 0.368. The normalized spacial score (nSPS) is 11.3. The monoisotopic (exact) mass is 434 g/mol. The van der Waals surface area contributed by atoms with E-state index < -0.39 is 6.03 Å². The van der Waals surface area contributed by atoms with Crippen LogP contribution in [0.3, 0.4) is 0 Å². The molecule has 3 aromatic carbocycles. The molecule has 8 heteroatoms. The lowest BCUT2D eigenvalue weighted by Crippen LogP contribution is -2.19. The van der Waals surface area contributed by atoms with Gasteiger partial charge in [-0.15, -0.1) is 0 Å². The quantitative estimate of drug-likeness (QED) is 0.271. The molecule has 0 fully saturated rings. The molecule has 3 aromatic heterocycles. The van der Waals surface area contributed by atoms with Crippen LogP contribution in [0, 0.1) is 5.82 Å². The lowest BCUT2D eigenvalue weighted by atomic mass is 10.1. The molecule has 0 saturated carbocycles. The largest absolute Gasteiger partial charge is 0.323 e. The first-order valence-corrected chi connectivity index (χ1v) is 10.2. The second-order valence-corrected chi connectivity index (χ2v) is 7.51. The minimum Gasteiger partial charge on any atom is -0.308 e. The highest BCUT2D eigenvalue weighted by atomic mass is 19.1. The summed E-state index contributed by atoms with van der Waals surface area (Å²) < 4.78 is 13.1. The van der Waals surface area contributed by atoms with Crippen molar-refractivity contribution in [2.45, 2.75) is 0 Å². The van der Waals surface area contributed by atoms with E-state index >= 15 is 0 Å². The van der Waals surface area contributed by atoms with Crippen LogP contribution in [0.5, 0.6) is 0 Å². The number of carbonyl (C=O) groups excluding carboxylic acids is 1. The van der Waals surface area contributed by atoms with Gasteiger partial charge in [-0.05, 0) is 66.7 Å². The third kappa shape index (κ3) is 3.34. The van der Waals surface area contributed by atoms with Crippen LogP contribution in [0.1, 0.15) is 0 Å². The van der Waals surface area contributed by atoms with Crippen LogP contribution in [0.2, 0.25) is 0 Å². The maximum absolute atomic E-state index is 13.1. The number of pyridine rings is 2. The van der Waals surface area contributed by atoms with Crippen LogP contribution in [0.15, 0.2) is 79.1 Å². The van der Waals surface area contributed by atoms with Crippen molar-refractivity contribution in [3.63, 3.8) is 0 Å². The zero-order valence-electron chi connectivity index (χ0n) is 17.1. The molecule has 0 aliphatic carbocycles. The Bertz CT molecular complexity index is 1700. The Labute approximate surface area is 186 Å². The number of nitrogens with one attached hydrogen (secondary N) is 2. The second kappa shape index (κ2) is 7.45. The van der Waals surface area contributed by atoms with Gasteiger partial charge in [-0.1, -0.05) is 0 Å². The van der Waals surface area contributed by atoms with E-state index in [2.05, 4.69) is 20.6 Å². The first kappa shape index (κ1) is 19.0. The maximum atomic E-state index is 13.1. The van der Waals surface area contributed by atoms with Crippen molar-refractivity contribution in [3.05, 3.63) is 84.9 Å². The molecule has 0 radical (unpaired) electrons. The summed E-state index contributed by atoms with van der Waals surface area (Å²) >= 11 is 0. The predicted octanol–water partition coefficient (Wildman–Crippen LogP) is 5.66. The van der Waals surface area contributed by atoms with E-state index in [4.69, 9.17) is 9.97 Å². The third-order valence-electron chi connectivity index (χ3n) is 5.37. The fourth-order valence-corrected chi connectivity index (χ4v) is 3.90. The van der Waals surface area contributed by atoms with E-state index in [0.717, 1.165) is 32.8 Å². The number of halogens is 1. The molecule has 2 amide bonds. The third-order valence-corrected chi connectivity index (χ3v) is 5.37. The molecular weight excluding hydrogens is 419 g/mol. The SMILES string of the molecule is O=C(Nc1ccc(F)cc1)Nc1ccc2nc3c4cccnc4c4ncccc4c3nc2c1. The van der Waals surface area contributed by atoms with E-state index in [1.54, 1.807) is 24.5 Å². The molecule has 2 N–H and O–H groups in total. The molecule has 0 saturated heterocycles. The number of amides is 2. The molecule has 0 aliphatic rings. The Morgan fingerprint density at radius 1 is 0.667 bits per heavy atom. The smallest absolute Gasteiger partial charge is 0.308 e. The van der Waals surface area contributed by atoms with E-state index in [9.17, 15) is 9.18 Å². The van der Waals surface area contributed by atoms with Gasteiger partial charge in [0.1, 0.15) is 5.82 Å². The van der Waals surface area contributed by atoms with Crippen LogP contribution in [-0.2, 0) is 0 Å². The van der Waals surface area contributed by atoms with Crippen molar-refractivity contribution >= 4 is 61.3 Å². The fraction of sp³-hybridized carbons (Fsp3) is 0. The number of benzene rings is 3. The molecule has 0 aliphatic heterocycles. The highest BCUT2D eigenvalue weighted by Gasteiger charge is 2.14. The Balaban J connectivity index is 1.44. The highest BCUT2D eigenvalue weighted by molar-refractivity contribution is 6.21.